The van der Waals surface area contributed by atoms with Gasteiger partial charge in [-0.25, -0.2) is 4.98 Å². The third-order valence-electron chi connectivity index (χ3n) is 3.65. The molecule has 2 heterocycles. The van der Waals surface area contributed by atoms with Crippen LogP contribution < -0.4 is 4.74 Å². The summed E-state index contributed by atoms with van der Waals surface area (Å²) in [5.74, 6) is 0.399. The Morgan fingerprint density at radius 2 is 2.26 bits per heavy atom. The molecule has 1 unspecified atom stereocenters. The Labute approximate surface area is 147 Å². The van der Waals surface area contributed by atoms with Crippen LogP contribution in [0.15, 0.2) is 41.3 Å². The number of ether oxygens (including phenoxy) is 1. The molecule has 1 saturated heterocycles. The highest BCUT2D eigenvalue weighted by Crippen LogP contribution is 2.24. The molecule has 0 spiro atoms. The highest BCUT2D eigenvalue weighted by atomic mass is 79.9. The summed E-state index contributed by atoms with van der Waals surface area (Å²) < 4.78 is 6.64. The number of amides is 1. The topological polar surface area (TPSA) is 55.3 Å². The zero-order chi connectivity index (χ0) is 16.2. The molecule has 2 aromatic rings. The molecule has 7 heteroatoms. The summed E-state index contributed by atoms with van der Waals surface area (Å²) in [7, 11) is 0. The molecule has 0 N–H and O–H groups in total. The van der Waals surface area contributed by atoms with Gasteiger partial charge in [0.2, 0.25) is 5.88 Å². The standard InChI is InChI=1S/C16H15BrClN3O2/c17-11-3-4-14(18)13(8-11)16(22)21-7-1-2-12(10-21)23-15-9-19-5-6-20-15/h3-6,8-9,12H,1-2,7,10H2. The smallest absolute Gasteiger partial charge is 0.255 e. The second kappa shape index (κ2) is 7.27. The third kappa shape index (κ3) is 4.00. The van der Waals surface area contributed by atoms with Crippen LogP contribution in [0.3, 0.4) is 0 Å². The van der Waals surface area contributed by atoms with Crippen molar-refractivity contribution in [1.29, 1.82) is 0 Å². The first-order chi connectivity index (χ1) is 11.1. The molecule has 0 radical (unpaired) electrons. The van der Waals surface area contributed by atoms with E-state index in [2.05, 4.69) is 25.9 Å². The minimum Gasteiger partial charge on any atom is -0.471 e. The Bertz CT molecular complexity index is 699. The zero-order valence-corrected chi connectivity index (χ0v) is 14.6. The molecule has 120 valence electrons. The molecular formula is C16H15BrClN3O2. The van der Waals surface area contributed by atoms with Gasteiger partial charge in [-0.2, -0.15) is 0 Å². The van der Waals surface area contributed by atoms with Crippen LogP contribution in [0, 0.1) is 0 Å². The maximum atomic E-state index is 12.7. The van der Waals surface area contributed by atoms with Gasteiger partial charge >= 0.3 is 0 Å². The fraction of sp³-hybridized carbons (Fsp3) is 0.312. The van der Waals surface area contributed by atoms with Gasteiger partial charge in [-0.05, 0) is 31.0 Å². The summed E-state index contributed by atoms with van der Waals surface area (Å²) in [4.78, 5) is 22.6. The molecule has 3 rings (SSSR count). The van der Waals surface area contributed by atoms with E-state index >= 15 is 0 Å². The predicted molar refractivity (Wildman–Crippen MR) is 90.7 cm³/mol. The van der Waals surface area contributed by atoms with Crippen molar-refractivity contribution in [2.24, 2.45) is 0 Å². The van der Waals surface area contributed by atoms with Crippen molar-refractivity contribution in [2.75, 3.05) is 13.1 Å². The lowest BCUT2D eigenvalue weighted by Crippen LogP contribution is -2.44. The average Bonchev–Trinajstić information content (AvgIpc) is 2.57. The van der Waals surface area contributed by atoms with Crippen LogP contribution in [0.5, 0.6) is 5.88 Å². The molecule has 5 nitrogen and oxygen atoms in total. The number of rotatable bonds is 3. The molecule has 1 aliphatic rings. The van der Waals surface area contributed by atoms with Crippen LogP contribution in [-0.4, -0.2) is 40.0 Å². The van der Waals surface area contributed by atoms with Gasteiger partial charge in [0.15, 0.2) is 0 Å². The first kappa shape index (κ1) is 16.2. The van der Waals surface area contributed by atoms with Crippen LogP contribution in [0.1, 0.15) is 23.2 Å². The highest BCUT2D eigenvalue weighted by molar-refractivity contribution is 9.10. The largest absolute Gasteiger partial charge is 0.471 e. The molecule has 1 aliphatic heterocycles. The number of halogens is 2. The number of likely N-dealkylation sites (tertiary alicyclic amines) is 1. The van der Waals surface area contributed by atoms with E-state index in [4.69, 9.17) is 16.3 Å². The second-order valence-electron chi connectivity index (χ2n) is 5.30. The van der Waals surface area contributed by atoms with E-state index < -0.39 is 0 Å². The third-order valence-corrected chi connectivity index (χ3v) is 4.47. The summed E-state index contributed by atoms with van der Waals surface area (Å²) in [6, 6.07) is 5.28. The molecule has 0 bridgehead atoms. The van der Waals surface area contributed by atoms with Crippen molar-refractivity contribution in [3.63, 3.8) is 0 Å². The summed E-state index contributed by atoms with van der Waals surface area (Å²) in [5, 5.41) is 0.454. The number of benzene rings is 1. The molecule has 1 atom stereocenters. The van der Waals surface area contributed by atoms with Crippen LogP contribution >= 0.6 is 27.5 Å². The van der Waals surface area contributed by atoms with E-state index in [-0.39, 0.29) is 12.0 Å². The van der Waals surface area contributed by atoms with E-state index in [0.29, 0.717) is 29.6 Å². The number of piperidine rings is 1. The fourth-order valence-corrected chi connectivity index (χ4v) is 3.13. The number of carbonyl (C=O) groups excluding carboxylic acids is 1. The molecule has 1 fully saturated rings. The van der Waals surface area contributed by atoms with E-state index in [1.807, 2.05) is 6.07 Å². The Balaban J connectivity index is 1.70. The molecule has 1 aromatic heterocycles. The summed E-state index contributed by atoms with van der Waals surface area (Å²) in [6.07, 6.45) is 6.43. The number of hydrogen-bond donors (Lipinski definition) is 0. The average molecular weight is 397 g/mol. The van der Waals surface area contributed by atoms with Crippen molar-refractivity contribution in [2.45, 2.75) is 18.9 Å². The van der Waals surface area contributed by atoms with E-state index in [1.54, 1.807) is 35.6 Å². The lowest BCUT2D eigenvalue weighted by atomic mass is 10.1. The summed E-state index contributed by atoms with van der Waals surface area (Å²) >= 11 is 9.53. The maximum absolute atomic E-state index is 12.7. The van der Waals surface area contributed by atoms with Gasteiger partial charge in [-0.3, -0.25) is 9.78 Å². The Kier molecular flexibility index (Phi) is 5.13. The van der Waals surface area contributed by atoms with E-state index in [1.165, 1.54) is 0 Å². The van der Waals surface area contributed by atoms with Crippen molar-refractivity contribution in [1.82, 2.24) is 14.9 Å². The number of nitrogens with zero attached hydrogens (tertiary/aromatic N) is 3. The van der Waals surface area contributed by atoms with Crippen LogP contribution in [0.2, 0.25) is 5.02 Å². The Hall–Kier alpha value is -1.66. The Morgan fingerprint density at radius 1 is 1.39 bits per heavy atom. The van der Waals surface area contributed by atoms with Gasteiger partial charge in [0.25, 0.3) is 5.91 Å². The van der Waals surface area contributed by atoms with Crippen LogP contribution in [0.4, 0.5) is 0 Å². The Morgan fingerprint density at radius 3 is 3.04 bits per heavy atom. The molecule has 23 heavy (non-hydrogen) atoms. The lowest BCUT2D eigenvalue weighted by Gasteiger charge is -2.32. The van der Waals surface area contributed by atoms with E-state index in [0.717, 1.165) is 17.3 Å². The molecule has 0 saturated carbocycles. The second-order valence-corrected chi connectivity index (χ2v) is 6.62. The molecule has 1 aromatic carbocycles. The van der Waals surface area contributed by atoms with Crippen molar-refractivity contribution in [3.05, 3.63) is 51.8 Å². The fourth-order valence-electron chi connectivity index (χ4n) is 2.57. The van der Waals surface area contributed by atoms with Gasteiger partial charge < -0.3 is 9.64 Å². The predicted octanol–water partition coefficient (Wildman–Crippen LogP) is 3.58. The van der Waals surface area contributed by atoms with Crippen LogP contribution in [-0.2, 0) is 0 Å². The SMILES string of the molecule is O=C(c1cc(Br)ccc1Cl)N1CCCC(Oc2cnccn2)C1. The summed E-state index contributed by atoms with van der Waals surface area (Å²) in [6.45, 7) is 1.21. The normalized spacial score (nSPS) is 17.8. The van der Waals surface area contributed by atoms with Crippen molar-refractivity contribution < 1.29 is 9.53 Å². The minimum atomic E-state index is -0.0877. The summed E-state index contributed by atoms with van der Waals surface area (Å²) in [5.41, 5.74) is 0.501. The molecule has 0 aliphatic carbocycles. The lowest BCUT2D eigenvalue weighted by molar-refractivity contribution is 0.0527. The van der Waals surface area contributed by atoms with Gasteiger partial charge in [0.1, 0.15) is 6.10 Å². The number of aromatic nitrogens is 2. The van der Waals surface area contributed by atoms with Gasteiger partial charge in [-0.1, -0.05) is 27.5 Å². The number of hydrogen-bond acceptors (Lipinski definition) is 4. The highest BCUT2D eigenvalue weighted by Gasteiger charge is 2.27. The van der Waals surface area contributed by atoms with Gasteiger partial charge in [-0.15, -0.1) is 0 Å². The molecular weight excluding hydrogens is 382 g/mol. The number of carbonyl (C=O) groups is 1. The minimum absolute atomic E-state index is 0.0799. The molecule has 1 amide bonds. The van der Waals surface area contributed by atoms with Gasteiger partial charge in [0, 0.05) is 23.4 Å². The van der Waals surface area contributed by atoms with Crippen LogP contribution in [0.25, 0.3) is 0 Å². The quantitative estimate of drug-likeness (QED) is 0.796. The van der Waals surface area contributed by atoms with Crippen molar-refractivity contribution >= 4 is 33.4 Å². The van der Waals surface area contributed by atoms with E-state index in [9.17, 15) is 4.79 Å². The van der Waals surface area contributed by atoms with Gasteiger partial charge in [0.05, 0.1) is 23.3 Å². The van der Waals surface area contributed by atoms with Crippen molar-refractivity contribution in [3.8, 4) is 5.88 Å². The monoisotopic (exact) mass is 395 g/mol. The zero-order valence-electron chi connectivity index (χ0n) is 12.3. The maximum Gasteiger partial charge on any atom is 0.255 e. The first-order valence-electron chi connectivity index (χ1n) is 7.30. The first-order valence-corrected chi connectivity index (χ1v) is 8.47.